The summed E-state index contributed by atoms with van der Waals surface area (Å²) in [5.74, 6) is 0.690. The minimum Gasteiger partial charge on any atom is -0.508 e. The Balaban J connectivity index is 1.74. The van der Waals surface area contributed by atoms with Gasteiger partial charge in [0.1, 0.15) is 23.4 Å². The minimum absolute atomic E-state index is 0.0427. The number of halogens is 1. The molecule has 1 atom stereocenters. The van der Waals surface area contributed by atoms with E-state index in [4.69, 9.17) is 4.74 Å². The summed E-state index contributed by atoms with van der Waals surface area (Å²) in [6.45, 7) is 0.632. The summed E-state index contributed by atoms with van der Waals surface area (Å²) in [6.07, 6.45) is 0.601. The molecule has 4 heteroatoms. The number of phenolic OH excluding ortho intramolecular Hbond substituents is 1. The lowest BCUT2D eigenvalue weighted by Crippen LogP contribution is -2.32. The van der Waals surface area contributed by atoms with Crippen molar-refractivity contribution in [1.82, 2.24) is 0 Å². The number of phenols is 1. The Morgan fingerprint density at radius 1 is 1.26 bits per heavy atom. The highest BCUT2D eigenvalue weighted by atomic mass is 19.1. The van der Waals surface area contributed by atoms with E-state index in [1.54, 1.807) is 24.3 Å². The Labute approximate surface area is 110 Å². The van der Waals surface area contributed by atoms with Gasteiger partial charge in [-0.3, -0.25) is 0 Å². The average molecular weight is 259 g/mol. The zero-order chi connectivity index (χ0) is 13.2. The van der Waals surface area contributed by atoms with Crippen LogP contribution in [0.3, 0.4) is 0 Å². The molecule has 0 spiro atoms. The van der Waals surface area contributed by atoms with Crippen LogP contribution in [0, 0.1) is 5.82 Å². The molecule has 1 aliphatic rings. The van der Waals surface area contributed by atoms with E-state index in [0.717, 1.165) is 11.3 Å². The lowest BCUT2D eigenvalue weighted by Gasteiger charge is -2.27. The predicted molar refractivity (Wildman–Crippen MR) is 71.1 cm³/mol. The van der Waals surface area contributed by atoms with Crippen LogP contribution in [0.4, 0.5) is 10.1 Å². The molecular formula is C15H14FNO2. The first-order valence-electron chi connectivity index (χ1n) is 6.19. The van der Waals surface area contributed by atoms with Crippen LogP contribution in [0.2, 0.25) is 0 Å². The van der Waals surface area contributed by atoms with Gasteiger partial charge in [0.25, 0.3) is 0 Å². The summed E-state index contributed by atoms with van der Waals surface area (Å²) >= 11 is 0. The lowest BCUT2D eigenvalue weighted by molar-refractivity contribution is 0.206. The van der Waals surface area contributed by atoms with Crippen molar-refractivity contribution in [3.05, 3.63) is 53.8 Å². The van der Waals surface area contributed by atoms with Crippen LogP contribution in [0.25, 0.3) is 0 Å². The van der Waals surface area contributed by atoms with Crippen LogP contribution in [0.5, 0.6) is 11.5 Å². The van der Waals surface area contributed by atoms with Crippen molar-refractivity contribution in [3.63, 3.8) is 0 Å². The van der Waals surface area contributed by atoms with Gasteiger partial charge in [-0.25, -0.2) is 4.39 Å². The number of benzene rings is 2. The Hall–Kier alpha value is -2.23. The van der Waals surface area contributed by atoms with Crippen LogP contribution in [-0.2, 0) is 6.42 Å². The van der Waals surface area contributed by atoms with Gasteiger partial charge in [0.2, 0.25) is 0 Å². The second-order valence-corrected chi connectivity index (χ2v) is 4.64. The smallest absolute Gasteiger partial charge is 0.143 e. The molecule has 2 aromatic rings. The summed E-state index contributed by atoms with van der Waals surface area (Å²) in [6, 6.07) is 11.5. The summed E-state index contributed by atoms with van der Waals surface area (Å²) < 4.78 is 19.0. The molecule has 0 amide bonds. The summed E-state index contributed by atoms with van der Waals surface area (Å²) in [5, 5.41) is 12.6. The Morgan fingerprint density at radius 2 is 2.16 bits per heavy atom. The molecule has 1 unspecified atom stereocenters. The number of fused-ring (bicyclic) bond motifs is 1. The van der Waals surface area contributed by atoms with E-state index in [1.807, 2.05) is 6.07 Å². The van der Waals surface area contributed by atoms with Crippen molar-refractivity contribution >= 4 is 5.69 Å². The van der Waals surface area contributed by atoms with Crippen LogP contribution >= 0.6 is 0 Å². The molecule has 0 saturated heterocycles. The number of rotatable bonds is 2. The number of aromatic hydroxyl groups is 1. The highest BCUT2D eigenvalue weighted by molar-refractivity contribution is 5.60. The normalized spacial score (nSPS) is 17.2. The van der Waals surface area contributed by atoms with Crippen LogP contribution in [-0.4, -0.2) is 17.8 Å². The predicted octanol–water partition coefficient (Wildman–Crippen LogP) is 2.95. The third-order valence-corrected chi connectivity index (χ3v) is 3.13. The van der Waals surface area contributed by atoms with Gasteiger partial charge in [0, 0.05) is 12.5 Å². The highest BCUT2D eigenvalue weighted by Crippen LogP contribution is 2.32. The first-order valence-corrected chi connectivity index (χ1v) is 6.19. The topological polar surface area (TPSA) is 41.5 Å². The van der Waals surface area contributed by atoms with Crippen molar-refractivity contribution in [1.29, 1.82) is 0 Å². The van der Waals surface area contributed by atoms with Crippen molar-refractivity contribution in [2.24, 2.45) is 0 Å². The molecule has 0 radical (unpaired) electrons. The van der Waals surface area contributed by atoms with E-state index in [0.29, 0.717) is 18.7 Å². The monoisotopic (exact) mass is 259 g/mol. The second kappa shape index (κ2) is 4.80. The fourth-order valence-electron chi connectivity index (χ4n) is 2.24. The van der Waals surface area contributed by atoms with E-state index < -0.39 is 0 Å². The Bertz CT molecular complexity index is 600. The maximum Gasteiger partial charge on any atom is 0.143 e. The number of ether oxygens (including phenoxy) is 1. The summed E-state index contributed by atoms with van der Waals surface area (Å²) in [7, 11) is 0. The number of hydrogen-bond donors (Lipinski definition) is 2. The van der Waals surface area contributed by atoms with Crippen molar-refractivity contribution in [2.45, 2.75) is 12.5 Å². The number of nitrogens with one attached hydrogen (secondary N) is 1. The van der Waals surface area contributed by atoms with E-state index in [-0.39, 0.29) is 17.7 Å². The first-order chi connectivity index (χ1) is 9.20. The minimum atomic E-state index is -0.230. The maximum atomic E-state index is 13.1. The molecule has 0 aliphatic carbocycles. The van der Waals surface area contributed by atoms with Crippen molar-refractivity contribution < 1.29 is 14.2 Å². The van der Waals surface area contributed by atoms with E-state index in [1.165, 1.54) is 12.1 Å². The summed E-state index contributed by atoms with van der Waals surface area (Å²) in [4.78, 5) is 0. The van der Waals surface area contributed by atoms with Crippen LogP contribution in [0.1, 0.15) is 5.56 Å². The second-order valence-electron chi connectivity index (χ2n) is 4.64. The molecule has 1 aliphatic heterocycles. The van der Waals surface area contributed by atoms with E-state index in [9.17, 15) is 9.50 Å². The molecule has 0 bridgehead atoms. The van der Waals surface area contributed by atoms with Gasteiger partial charge in [-0.15, -0.1) is 0 Å². The molecule has 1 heterocycles. The molecule has 19 heavy (non-hydrogen) atoms. The molecule has 0 saturated carbocycles. The lowest BCUT2D eigenvalue weighted by atomic mass is 10.1. The highest BCUT2D eigenvalue weighted by Gasteiger charge is 2.19. The fraction of sp³-hybridized carbons (Fsp3) is 0.200. The van der Waals surface area contributed by atoms with Crippen molar-refractivity contribution in [2.75, 3.05) is 11.9 Å². The van der Waals surface area contributed by atoms with E-state index in [2.05, 4.69) is 5.32 Å². The molecular weight excluding hydrogens is 245 g/mol. The summed E-state index contributed by atoms with van der Waals surface area (Å²) in [5.41, 5.74) is 1.70. The SMILES string of the molecule is Oc1ccc2c(c1)NCC(Cc1cccc(F)c1)O2. The molecule has 2 aromatic carbocycles. The molecule has 3 rings (SSSR count). The third-order valence-electron chi connectivity index (χ3n) is 3.13. The van der Waals surface area contributed by atoms with Gasteiger partial charge in [-0.2, -0.15) is 0 Å². The van der Waals surface area contributed by atoms with Gasteiger partial charge in [0.15, 0.2) is 0 Å². The largest absolute Gasteiger partial charge is 0.508 e. The van der Waals surface area contributed by atoms with Gasteiger partial charge >= 0.3 is 0 Å². The van der Waals surface area contributed by atoms with Gasteiger partial charge in [-0.1, -0.05) is 12.1 Å². The maximum absolute atomic E-state index is 13.1. The van der Waals surface area contributed by atoms with Crippen LogP contribution in [0.15, 0.2) is 42.5 Å². The van der Waals surface area contributed by atoms with Gasteiger partial charge in [0.05, 0.1) is 12.2 Å². The molecule has 0 aromatic heterocycles. The first kappa shape index (κ1) is 11.8. The molecule has 98 valence electrons. The molecule has 3 nitrogen and oxygen atoms in total. The zero-order valence-corrected chi connectivity index (χ0v) is 10.3. The standard InChI is InChI=1S/C15H14FNO2/c16-11-3-1-2-10(6-11)7-13-9-17-14-8-12(18)4-5-15(14)19-13/h1-6,8,13,17-18H,7,9H2. The van der Waals surface area contributed by atoms with E-state index >= 15 is 0 Å². The third kappa shape index (κ3) is 2.62. The van der Waals surface area contributed by atoms with Crippen molar-refractivity contribution in [3.8, 4) is 11.5 Å². The fourth-order valence-corrected chi connectivity index (χ4v) is 2.24. The van der Waals surface area contributed by atoms with Gasteiger partial charge in [-0.05, 0) is 29.8 Å². The zero-order valence-electron chi connectivity index (χ0n) is 10.3. The van der Waals surface area contributed by atoms with Gasteiger partial charge < -0.3 is 15.2 Å². The number of anilines is 1. The Morgan fingerprint density at radius 3 is 3.00 bits per heavy atom. The molecule has 2 N–H and O–H groups in total. The van der Waals surface area contributed by atoms with Crippen LogP contribution < -0.4 is 10.1 Å². The Kier molecular flexibility index (Phi) is 2.99. The molecule has 0 fully saturated rings. The quantitative estimate of drug-likeness (QED) is 0.871. The average Bonchev–Trinajstić information content (AvgIpc) is 2.39. The number of hydrogen-bond acceptors (Lipinski definition) is 3.